The molecule has 0 radical (unpaired) electrons. The van der Waals surface area contributed by atoms with Gasteiger partial charge in [-0.15, -0.1) is 0 Å². The Hall–Kier alpha value is -1.35. The number of nitrogens with one attached hydrogen (secondary N) is 1. The third-order valence-electron chi connectivity index (χ3n) is 3.33. The summed E-state index contributed by atoms with van der Waals surface area (Å²) in [5, 5.41) is 3.31. The van der Waals surface area contributed by atoms with Crippen LogP contribution in [-0.2, 0) is 11.2 Å². The van der Waals surface area contributed by atoms with E-state index >= 15 is 0 Å². The van der Waals surface area contributed by atoms with Gasteiger partial charge in [-0.3, -0.25) is 4.79 Å². The minimum Gasteiger partial charge on any atom is -0.338 e. The van der Waals surface area contributed by atoms with Crippen LogP contribution in [0.15, 0.2) is 30.3 Å². The fourth-order valence-electron chi connectivity index (χ4n) is 2.42. The lowest BCUT2D eigenvalue weighted by Gasteiger charge is -2.27. The van der Waals surface area contributed by atoms with Crippen molar-refractivity contribution in [3.05, 3.63) is 35.9 Å². The van der Waals surface area contributed by atoms with Crippen molar-refractivity contribution in [1.82, 2.24) is 10.2 Å². The maximum absolute atomic E-state index is 12.2. The Morgan fingerprint density at radius 3 is 2.76 bits per heavy atom. The largest absolute Gasteiger partial charge is 0.338 e. The molecule has 1 aromatic rings. The third-order valence-corrected chi connectivity index (χ3v) is 3.33. The van der Waals surface area contributed by atoms with Crippen LogP contribution in [0.2, 0.25) is 0 Å². The summed E-state index contributed by atoms with van der Waals surface area (Å²) in [4.78, 5) is 14.2. The van der Waals surface area contributed by atoms with Crippen molar-refractivity contribution >= 4 is 5.91 Å². The van der Waals surface area contributed by atoms with Gasteiger partial charge in [0, 0.05) is 19.1 Å². The molecule has 0 aromatic heterocycles. The van der Waals surface area contributed by atoms with Crippen LogP contribution in [0.4, 0.5) is 0 Å². The fraction of sp³-hybridized carbons (Fsp3) is 0.500. The number of hydrogen-bond acceptors (Lipinski definition) is 2. The van der Waals surface area contributed by atoms with Gasteiger partial charge in [-0.1, -0.05) is 30.3 Å². The summed E-state index contributed by atoms with van der Waals surface area (Å²) in [5.41, 5.74) is 1.10. The van der Waals surface area contributed by atoms with E-state index in [1.54, 1.807) is 0 Å². The summed E-state index contributed by atoms with van der Waals surface area (Å²) in [6.45, 7) is 4.83. The predicted molar refractivity (Wildman–Crippen MR) is 68.8 cm³/mol. The Kier molecular flexibility index (Phi) is 4.15. The van der Waals surface area contributed by atoms with Crippen LogP contribution in [0.3, 0.4) is 0 Å². The fourth-order valence-corrected chi connectivity index (χ4v) is 2.42. The second-order valence-corrected chi connectivity index (χ2v) is 4.49. The van der Waals surface area contributed by atoms with Gasteiger partial charge in [0.1, 0.15) is 0 Å². The number of carbonyl (C=O) groups excluding carboxylic acids is 1. The van der Waals surface area contributed by atoms with E-state index in [1.807, 2.05) is 35.2 Å². The molecular formula is C14H20N2O. The number of carbonyl (C=O) groups is 1. The Balaban J connectivity index is 1.97. The van der Waals surface area contributed by atoms with E-state index in [1.165, 1.54) is 0 Å². The van der Waals surface area contributed by atoms with E-state index < -0.39 is 0 Å². The van der Waals surface area contributed by atoms with Crippen molar-refractivity contribution in [3.8, 4) is 0 Å². The molecule has 1 unspecified atom stereocenters. The van der Waals surface area contributed by atoms with Gasteiger partial charge in [0.25, 0.3) is 0 Å². The van der Waals surface area contributed by atoms with Gasteiger partial charge in [-0.25, -0.2) is 0 Å². The molecule has 3 heteroatoms. The highest BCUT2D eigenvalue weighted by atomic mass is 16.2. The van der Waals surface area contributed by atoms with Crippen LogP contribution in [0, 0.1) is 0 Å². The zero-order valence-electron chi connectivity index (χ0n) is 10.4. The Bertz CT molecular complexity index is 358. The maximum Gasteiger partial charge on any atom is 0.227 e. The van der Waals surface area contributed by atoms with Crippen molar-refractivity contribution in [2.45, 2.75) is 25.8 Å². The third kappa shape index (κ3) is 3.07. The van der Waals surface area contributed by atoms with Gasteiger partial charge >= 0.3 is 0 Å². The zero-order chi connectivity index (χ0) is 12.1. The van der Waals surface area contributed by atoms with Crippen LogP contribution in [0.1, 0.15) is 18.9 Å². The first-order valence-corrected chi connectivity index (χ1v) is 6.35. The summed E-state index contributed by atoms with van der Waals surface area (Å²) >= 11 is 0. The number of hydrogen-bond donors (Lipinski definition) is 1. The molecule has 1 aliphatic heterocycles. The summed E-state index contributed by atoms with van der Waals surface area (Å²) < 4.78 is 0. The van der Waals surface area contributed by atoms with Crippen LogP contribution < -0.4 is 5.32 Å². The molecule has 2 rings (SSSR count). The van der Waals surface area contributed by atoms with Gasteiger partial charge in [-0.2, -0.15) is 0 Å². The van der Waals surface area contributed by atoms with E-state index in [9.17, 15) is 4.79 Å². The van der Waals surface area contributed by atoms with Crippen LogP contribution >= 0.6 is 0 Å². The number of likely N-dealkylation sites (N-methyl/N-ethyl adjacent to an activating group) is 1. The van der Waals surface area contributed by atoms with Gasteiger partial charge in [0.05, 0.1) is 6.42 Å². The van der Waals surface area contributed by atoms with Gasteiger partial charge in [-0.05, 0) is 25.5 Å². The summed E-state index contributed by atoms with van der Waals surface area (Å²) in [6, 6.07) is 10.4. The summed E-state index contributed by atoms with van der Waals surface area (Å²) in [6.07, 6.45) is 1.60. The van der Waals surface area contributed by atoms with Gasteiger partial charge in [0.15, 0.2) is 0 Å². The molecular weight excluding hydrogens is 212 g/mol. The normalized spacial score (nSPS) is 19.2. The van der Waals surface area contributed by atoms with Crippen molar-refractivity contribution < 1.29 is 4.79 Å². The number of amides is 1. The van der Waals surface area contributed by atoms with E-state index in [2.05, 4.69) is 12.2 Å². The highest BCUT2D eigenvalue weighted by Crippen LogP contribution is 2.11. The highest BCUT2D eigenvalue weighted by molar-refractivity contribution is 5.79. The molecule has 1 saturated heterocycles. The van der Waals surface area contributed by atoms with Crippen LogP contribution in [-0.4, -0.2) is 36.5 Å². The predicted octanol–water partition coefficient (Wildman–Crippen LogP) is 1.44. The van der Waals surface area contributed by atoms with E-state index in [0.717, 1.165) is 31.6 Å². The average molecular weight is 232 g/mol. The zero-order valence-corrected chi connectivity index (χ0v) is 10.4. The van der Waals surface area contributed by atoms with E-state index in [0.29, 0.717) is 12.5 Å². The highest BCUT2D eigenvalue weighted by Gasteiger charge is 2.24. The monoisotopic (exact) mass is 232 g/mol. The molecule has 1 amide bonds. The smallest absolute Gasteiger partial charge is 0.227 e. The van der Waals surface area contributed by atoms with Crippen molar-refractivity contribution in [3.63, 3.8) is 0 Å². The molecule has 92 valence electrons. The second kappa shape index (κ2) is 5.82. The summed E-state index contributed by atoms with van der Waals surface area (Å²) in [7, 11) is 0. The lowest BCUT2D eigenvalue weighted by Crippen LogP contribution is -2.42. The molecule has 1 heterocycles. The Morgan fingerprint density at radius 2 is 2.18 bits per heavy atom. The first-order valence-electron chi connectivity index (χ1n) is 6.35. The topological polar surface area (TPSA) is 32.3 Å². The number of benzene rings is 1. The standard InChI is InChI=1S/C14H20N2O/c1-2-16(13-8-9-15-11-13)14(17)10-12-6-4-3-5-7-12/h3-7,13,15H,2,8-11H2,1H3. The lowest BCUT2D eigenvalue weighted by molar-refractivity contribution is -0.132. The number of nitrogens with zero attached hydrogens (tertiary/aromatic N) is 1. The Labute approximate surface area is 103 Å². The minimum absolute atomic E-state index is 0.243. The first kappa shape index (κ1) is 12.1. The maximum atomic E-state index is 12.2. The van der Waals surface area contributed by atoms with Gasteiger partial charge < -0.3 is 10.2 Å². The van der Waals surface area contributed by atoms with Gasteiger partial charge in [0.2, 0.25) is 5.91 Å². The SMILES string of the molecule is CCN(C(=O)Cc1ccccc1)C1CCNC1. The molecule has 1 N–H and O–H groups in total. The molecule has 1 atom stereocenters. The van der Waals surface area contributed by atoms with Crippen LogP contribution in [0.5, 0.6) is 0 Å². The molecule has 0 bridgehead atoms. The van der Waals surface area contributed by atoms with Crippen molar-refractivity contribution in [2.24, 2.45) is 0 Å². The quantitative estimate of drug-likeness (QED) is 0.852. The second-order valence-electron chi connectivity index (χ2n) is 4.49. The molecule has 1 fully saturated rings. The molecule has 17 heavy (non-hydrogen) atoms. The first-order chi connectivity index (χ1) is 8.31. The Morgan fingerprint density at radius 1 is 1.41 bits per heavy atom. The molecule has 3 nitrogen and oxygen atoms in total. The summed E-state index contributed by atoms with van der Waals surface area (Å²) in [5.74, 6) is 0.243. The molecule has 1 aliphatic rings. The van der Waals surface area contributed by atoms with E-state index in [4.69, 9.17) is 0 Å². The molecule has 0 spiro atoms. The minimum atomic E-state index is 0.243. The van der Waals surface area contributed by atoms with Crippen molar-refractivity contribution in [2.75, 3.05) is 19.6 Å². The lowest BCUT2D eigenvalue weighted by atomic mass is 10.1. The van der Waals surface area contributed by atoms with Crippen molar-refractivity contribution in [1.29, 1.82) is 0 Å². The number of rotatable bonds is 4. The molecule has 0 saturated carbocycles. The molecule has 0 aliphatic carbocycles. The average Bonchev–Trinajstić information content (AvgIpc) is 2.85. The van der Waals surface area contributed by atoms with E-state index in [-0.39, 0.29) is 5.91 Å². The van der Waals surface area contributed by atoms with Crippen LogP contribution in [0.25, 0.3) is 0 Å². The molecule has 1 aromatic carbocycles.